The van der Waals surface area contributed by atoms with Gasteiger partial charge in [-0.15, -0.1) is 0 Å². The van der Waals surface area contributed by atoms with E-state index in [2.05, 4.69) is 24.1 Å². The topological polar surface area (TPSA) is 160 Å². The number of nitrogens with zero attached hydrogens (tertiary/aromatic N) is 2. The lowest BCUT2D eigenvalue weighted by Crippen LogP contribution is -2.44. The van der Waals surface area contributed by atoms with Crippen molar-refractivity contribution in [1.29, 1.82) is 0 Å². The molecule has 4 N–H and O–H groups in total. The fourth-order valence-corrected chi connectivity index (χ4v) is 6.18. The minimum atomic E-state index is -1.71. The van der Waals surface area contributed by atoms with E-state index in [9.17, 15) is 29.1 Å². The van der Waals surface area contributed by atoms with Gasteiger partial charge in [0.25, 0.3) is 11.8 Å². The van der Waals surface area contributed by atoms with Crippen molar-refractivity contribution in [2.75, 3.05) is 4.90 Å². The highest BCUT2D eigenvalue weighted by Gasteiger charge is 2.53. The number of aromatic nitrogens is 1. The number of hydrogen-bond donors (Lipinski definition) is 4. The summed E-state index contributed by atoms with van der Waals surface area (Å²) in [5.41, 5.74) is 4.45. The Kier molecular flexibility index (Phi) is 7.16. The average molecular weight is 595 g/mol. The number of urea groups is 1. The Balaban J connectivity index is 1.43. The number of amides is 4. The third kappa shape index (κ3) is 4.76. The van der Waals surface area contributed by atoms with Crippen molar-refractivity contribution in [2.24, 2.45) is 0 Å². The lowest BCUT2D eigenvalue weighted by molar-refractivity contribution is -0.145. The predicted octanol–water partition coefficient (Wildman–Crippen LogP) is 4.43. The van der Waals surface area contributed by atoms with E-state index in [0.29, 0.717) is 5.92 Å². The van der Waals surface area contributed by atoms with E-state index in [1.165, 1.54) is 18.2 Å². The summed E-state index contributed by atoms with van der Waals surface area (Å²) in [6.07, 6.45) is -0.585. The van der Waals surface area contributed by atoms with Crippen molar-refractivity contribution in [2.45, 2.75) is 50.7 Å². The van der Waals surface area contributed by atoms with Gasteiger partial charge >= 0.3 is 18.0 Å². The van der Waals surface area contributed by atoms with Crippen LogP contribution in [0.15, 0.2) is 72.8 Å². The second-order valence-corrected chi connectivity index (χ2v) is 11.3. The number of imide groups is 1. The molecule has 11 heteroatoms. The second kappa shape index (κ2) is 11.0. The molecule has 4 amide bonds. The SMILES string of the molecule is CC(C)c1ccc(C2c3[nH]c4ccccc4c3C[C@H]3C(=O)N(c4ccccc4C(=O)N[C@@H](CC(=O)O)C(=O)O)C(=O)N23)cc1. The maximum atomic E-state index is 14.3. The fourth-order valence-electron chi connectivity index (χ4n) is 6.18. The number of anilines is 1. The molecule has 1 fully saturated rings. The summed E-state index contributed by atoms with van der Waals surface area (Å²) in [5.74, 6) is -4.07. The maximum absolute atomic E-state index is 14.3. The van der Waals surface area contributed by atoms with Crippen LogP contribution in [0.2, 0.25) is 0 Å². The van der Waals surface area contributed by atoms with Gasteiger partial charge < -0.3 is 20.5 Å². The molecule has 0 saturated carbocycles. The molecule has 0 radical (unpaired) electrons. The number of nitrogens with one attached hydrogen (secondary N) is 2. The molecule has 0 bridgehead atoms. The van der Waals surface area contributed by atoms with Crippen LogP contribution < -0.4 is 10.2 Å². The highest BCUT2D eigenvalue weighted by molar-refractivity contribution is 6.24. The molecule has 2 aliphatic rings. The molecular formula is C33H30N4O7. The largest absolute Gasteiger partial charge is 0.481 e. The number of para-hydroxylation sites is 2. The van der Waals surface area contributed by atoms with Crippen molar-refractivity contribution in [3.8, 4) is 0 Å². The van der Waals surface area contributed by atoms with Crippen LogP contribution in [0.4, 0.5) is 10.5 Å². The maximum Gasteiger partial charge on any atom is 0.332 e. The van der Waals surface area contributed by atoms with Gasteiger partial charge in [-0.1, -0.05) is 68.4 Å². The fraction of sp³-hybridized carbons (Fsp3) is 0.242. The summed E-state index contributed by atoms with van der Waals surface area (Å²) in [7, 11) is 0. The molecule has 0 aliphatic carbocycles. The van der Waals surface area contributed by atoms with Crippen LogP contribution >= 0.6 is 0 Å². The highest BCUT2D eigenvalue weighted by Crippen LogP contribution is 2.45. The van der Waals surface area contributed by atoms with Crippen LogP contribution in [0.1, 0.15) is 65.0 Å². The Morgan fingerprint density at radius 1 is 0.955 bits per heavy atom. The minimum absolute atomic E-state index is 0.0173. The van der Waals surface area contributed by atoms with E-state index < -0.39 is 54.3 Å². The number of rotatable bonds is 8. The molecule has 44 heavy (non-hydrogen) atoms. The number of aromatic amines is 1. The number of fused-ring (bicyclic) bond motifs is 4. The number of H-pyrrole nitrogens is 1. The van der Waals surface area contributed by atoms with Crippen molar-refractivity contribution in [1.82, 2.24) is 15.2 Å². The molecule has 11 nitrogen and oxygen atoms in total. The van der Waals surface area contributed by atoms with Crippen molar-refractivity contribution < 1.29 is 34.2 Å². The van der Waals surface area contributed by atoms with Crippen LogP contribution in [0.3, 0.4) is 0 Å². The molecule has 1 unspecified atom stereocenters. The van der Waals surface area contributed by atoms with E-state index in [1.807, 2.05) is 48.5 Å². The average Bonchev–Trinajstić information content (AvgIpc) is 3.49. The molecular weight excluding hydrogens is 564 g/mol. The standard InChI is InChI=1S/C33H30N4O7/c1-17(2)18-11-13-19(14-12-18)29-28-22(20-7-3-5-9-23(20)34-28)15-26-31(41)37(33(44)36(26)29)25-10-6-4-8-21(25)30(40)35-24(32(42)43)16-27(38)39/h3-14,17,24,26,29,34H,15-16H2,1-2H3,(H,35,40)(H,38,39)(H,42,43)/t24-,26-,29?/m0/s1. The van der Waals surface area contributed by atoms with Crippen molar-refractivity contribution >= 4 is 46.4 Å². The van der Waals surface area contributed by atoms with Crippen LogP contribution in [-0.4, -0.2) is 62.0 Å². The van der Waals surface area contributed by atoms with Crippen LogP contribution in [0.25, 0.3) is 10.9 Å². The molecule has 1 aromatic heterocycles. The molecule has 0 spiro atoms. The first-order valence-electron chi connectivity index (χ1n) is 14.3. The number of aliphatic carboxylic acids is 2. The van der Waals surface area contributed by atoms with E-state index >= 15 is 0 Å². The molecule has 224 valence electrons. The van der Waals surface area contributed by atoms with Crippen LogP contribution in [0, 0.1) is 0 Å². The van der Waals surface area contributed by atoms with Gasteiger partial charge in [0, 0.05) is 23.0 Å². The summed E-state index contributed by atoms with van der Waals surface area (Å²) >= 11 is 0. The van der Waals surface area contributed by atoms with Crippen molar-refractivity contribution in [3.05, 3.63) is 101 Å². The third-order valence-corrected chi connectivity index (χ3v) is 8.34. The van der Waals surface area contributed by atoms with E-state index in [1.54, 1.807) is 11.0 Å². The summed E-state index contributed by atoms with van der Waals surface area (Å²) < 4.78 is 0. The summed E-state index contributed by atoms with van der Waals surface area (Å²) in [6, 6.07) is 17.8. The minimum Gasteiger partial charge on any atom is -0.481 e. The third-order valence-electron chi connectivity index (χ3n) is 8.34. The lowest BCUT2D eigenvalue weighted by Gasteiger charge is -2.36. The van der Waals surface area contributed by atoms with Crippen LogP contribution in [-0.2, 0) is 20.8 Å². The zero-order valence-electron chi connectivity index (χ0n) is 24.0. The van der Waals surface area contributed by atoms with Crippen LogP contribution in [0.5, 0.6) is 0 Å². The number of carbonyl (C=O) groups excluding carboxylic acids is 3. The van der Waals surface area contributed by atoms with Crippen molar-refractivity contribution in [3.63, 3.8) is 0 Å². The smallest absolute Gasteiger partial charge is 0.332 e. The monoisotopic (exact) mass is 594 g/mol. The molecule has 6 rings (SSSR count). The van der Waals surface area contributed by atoms with Gasteiger partial charge in [0.05, 0.1) is 17.7 Å². The van der Waals surface area contributed by atoms with Gasteiger partial charge in [-0.2, -0.15) is 0 Å². The predicted molar refractivity (Wildman–Crippen MR) is 160 cm³/mol. The molecule has 4 aromatic rings. The first-order chi connectivity index (χ1) is 21.1. The lowest BCUT2D eigenvalue weighted by atomic mass is 9.88. The van der Waals surface area contributed by atoms with Gasteiger partial charge in [-0.25, -0.2) is 14.5 Å². The molecule has 1 saturated heterocycles. The highest BCUT2D eigenvalue weighted by atomic mass is 16.4. The first kappa shape index (κ1) is 28.7. The summed E-state index contributed by atoms with van der Waals surface area (Å²) in [6.45, 7) is 4.19. The first-order valence-corrected chi connectivity index (χ1v) is 14.3. The van der Waals surface area contributed by atoms with Gasteiger partial charge in [0.2, 0.25) is 0 Å². The van der Waals surface area contributed by atoms with Gasteiger partial charge in [-0.3, -0.25) is 19.3 Å². The van der Waals surface area contributed by atoms with E-state index in [-0.39, 0.29) is 17.7 Å². The van der Waals surface area contributed by atoms with Gasteiger partial charge in [-0.05, 0) is 40.8 Å². The van der Waals surface area contributed by atoms with E-state index in [4.69, 9.17) is 5.11 Å². The number of carboxylic acids is 2. The van der Waals surface area contributed by atoms with Gasteiger partial charge in [0.15, 0.2) is 0 Å². The summed E-state index contributed by atoms with van der Waals surface area (Å²) in [5, 5.41) is 21.7. The summed E-state index contributed by atoms with van der Waals surface area (Å²) in [4.78, 5) is 70.5. The zero-order chi connectivity index (χ0) is 31.3. The molecule has 2 aliphatic heterocycles. The number of carbonyl (C=O) groups is 5. The van der Waals surface area contributed by atoms with E-state index in [0.717, 1.165) is 38.2 Å². The zero-order valence-corrected chi connectivity index (χ0v) is 24.0. The Labute approximate surface area is 252 Å². The Morgan fingerprint density at radius 3 is 2.32 bits per heavy atom. The molecule has 3 aromatic carbocycles. The Morgan fingerprint density at radius 2 is 1.64 bits per heavy atom. The molecule has 3 atom stereocenters. The second-order valence-electron chi connectivity index (χ2n) is 11.3. The van der Waals surface area contributed by atoms with Gasteiger partial charge in [0.1, 0.15) is 18.1 Å². The number of carboxylic acid groups (broad SMARTS) is 2. The number of benzene rings is 3. The quantitative estimate of drug-likeness (QED) is 0.220. The Bertz CT molecular complexity index is 1830. The Hall–Kier alpha value is -5.45. The number of hydrogen-bond acceptors (Lipinski definition) is 5. The molecule has 3 heterocycles. The normalized spacial score (nSPS) is 18.3.